The summed E-state index contributed by atoms with van der Waals surface area (Å²) >= 11 is 12.2. The molecule has 0 unspecified atom stereocenters. The third-order valence-corrected chi connectivity index (χ3v) is 3.13. The van der Waals surface area contributed by atoms with E-state index in [0.29, 0.717) is 29.1 Å². The van der Waals surface area contributed by atoms with Crippen molar-refractivity contribution in [3.63, 3.8) is 0 Å². The zero-order chi connectivity index (χ0) is 12.3. The molecule has 0 aliphatic carbocycles. The van der Waals surface area contributed by atoms with Gasteiger partial charge in [-0.15, -0.1) is 0 Å². The third-order valence-electron chi connectivity index (χ3n) is 2.57. The largest absolute Gasteiger partial charge is 0.378 e. The van der Waals surface area contributed by atoms with Gasteiger partial charge in [0.15, 0.2) is 0 Å². The Hall–Kier alpha value is -0.710. The minimum Gasteiger partial charge on any atom is -0.378 e. The fraction of sp³-hybridized carbons (Fsp3) is 0.545. The van der Waals surface area contributed by atoms with Crippen LogP contribution in [0.25, 0.3) is 0 Å². The summed E-state index contributed by atoms with van der Waals surface area (Å²) in [7, 11) is 0. The highest BCUT2D eigenvalue weighted by Crippen LogP contribution is 2.31. The van der Waals surface area contributed by atoms with Crippen LogP contribution in [0, 0.1) is 0 Å². The van der Waals surface area contributed by atoms with Gasteiger partial charge in [0, 0.05) is 19.6 Å². The molecule has 0 aromatic carbocycles. The number of pyridine rings is 1. The van der Waals surface area contributed by atoms with Crippen molar-refractivity contribution in [2.45, 2.75) is 6.92 Å². The minimum absolute atomic E-state index is 0.550. The molecule has 6 heteroatoms. The molecule has 0 bridgehead atoms. The van der Waals surface area contributed by atoms with Crippen molar-refractivity contribution in [2.24, 2.45) is 0 Å². The summed E-state index contributed by atoms with van der Waals surface area (Å²) in [6, 6.07) is 1.74. The highest BCUT2D eigenvalue weighted by molar-refractivity contribution is 6.37. The lowest BCUT2D eigenvalue weighted by molar-refractivity contribution is 0.122. The zero-order valence-electron chi connectivity index (χ0n) is 9.67. The lowest BCUT2D eigenvalue weighted by atomic mass is 10.3. The molecule has 2 rings (SSSR count). The van der Waals surface area contributed by atoms with Crippen molar-refractivity contribution in [1.29, 1.82) is 0 Å². The van der Waals surface area contributed by atoms with Crippen LogP contribution >= 0.6 is 23.2 Å². The van der Waals surface area contributed by atoms with Crippen LogP contribution in [0.5, 0.6) is 0 Å². The molecule has 1 aliphatic heterocycles. The molecular weight excluding hydrogens is 261 g/mol. The lowest BCUT2D eigenvalue weighted by Gasteiger charge is -2.29. The summed E-state index contributed by atoms with van der Waals surface area (Å²) in [6.45, 7) is 5.80. The van der Waals surface area contributed by atoms with Gasteiger partial charge in [0.05, 0.1) is 23.3 Å². The van der Waals surface area contributed by atoms with Crippen LogP contribution in [0.3, 0.4) is 0 Å². The highest BCUT2D eigenvalue weighted by atomic mass is 35.5. The maximum Gasteiger partial charge on any atom is 0.150 e. The summed E-state index contributed by atoms with van der Waals surface area (Å²) in [4.78, 5) is 6.59. The number of hydrogen-bond donors (Lipinski definition) is 1. The summed E-state index contributed by atoms with van der Waals surface area (Å²) in [6.07, 6.45) is 0. The first kappa shape index (κ1) is 12.7. The van der Waals surface area contributed by atoms with E-state index in [9.17, 15) is 0 Å². The number of aromatic nitrogens is 1. The molecule has 0 amide bonds. The molecule has 94 valence electrons. The first-order chi connectivity index (χ1) is 8.22. The van der Waals surface area contributed by atoms with Gasteiger partial charge in [-0.1, -0.05) is 23.2 Å². The first-order valence-corrected chi connectivity index (χ1v) is 6.40. The van der Waals surface area contributed by atoms with Gasteiger partial charge in [0.25, 0.3) is 0 Å². The molecule has 1 N–H and O–H groups in total. The number of anilines is 2. The molecule has 0 spiro atoms. The average molecular weight is 276 g/mol. The molecule has 2 heterocycles. The molecule has 4 nitrogen and oxygen atoms in total. The maximum atomic E-state index is 6.18. The normalized spacial score (nSPS) is 16.1. The van der Waals surface area contributed by atoms with E-state index in [2.05, 4.69) is 15.2 Å². The summed E-state index contributed by atoms with van der Waals surface area (Å²) < 4.78 is 5.31. The second-order valence-corrected chi connectivity index (χ2v) is 4.57. The lowest BCUT2D eigenvalue weighted by Crippen LogP contribution is -2.37. The van der Waals surface area contributed by atoms with Gasteiger partial charge in [0.2, 0.25) is 0 Å². The molecule has 1 aliphatic rings. The molecule has 17 heavy (non-hydrogen) atoms. The predicted molar refractivity (Wildman–Crippen MR) is 71.5 cm³/mol. The van der Waals surface area contributed by atoms with Gasteiger partial charge in [-0.25, -0.2) is 4.98 Å². The van der Waals surface area contributed by atoms with E-state index < -0.39 is 0 Å². The number of hydrogen-bond acceptors (Lipinski definition) is 4. The van der Waals surface area contributed by atoms with E-state index in [0.717, 1.165) is 25.5 Å². The second-order valence-electron chi connectivity index (χ2n) is 3.75. The van der Waals surface area contributed by atoms with Crippen molar-refractivity contribution in [2.75, 3.05) is 43.1 Å². The molecule has 0 atom stereocenters. The van der Waals surface area contributed by atoms with E-state index in [1.807, 2.05) is 6.92 Å². The fourth-order valence-corrected chi connectivity index (χ4v) is 2.29. The Bertz CT molecular complexity index is 395. The van der Waals surface area contributed by atoms with Gasteiger partial charge in [-0.2, -0.15) is 0 Å². The number of morpholine rings is 1. The Morgan fingerprint density at radius 1 is 1.35 bits per heavy atom. The van der Waals surface area contributed by atoms with E-state index in [4.69, 9.17) is 27.9 Å². The number of rotatable bonds is 3. The molecular formula is C11H15Cl2N3O. The maximum absolute atomic E-state index is 6.18. The first-order valence-electron chi connectivity index (χ1n) is 5.65. The Labute approximate surface area is 111 Å². The van der Waals surface area contributed by atoms with Crippen LogP contribution in [-0.2, 0) is 4.74 Å². The van der Waals surface area contributed by atoms with Crippen LogP contribution in [0.4, 0.5) is 11.6 Å². The van der Waals surface area contributed by atoms with Gasteiger partial charge < -0.3 is 15.0 Å². The van der Waals surface area contributed by atoms with Gasteiger partial charge in [-0.3, -0.25) is 0 Å². The second kappa shape index (κ2) is 5.76. The molecule has 1 aromatic heterocycles. The summed E-state index contributed by atoms with van der Waals surface area (Å²) in [5.41, 5.74) is 0. The number of ether oxygens (including phenoxy) is 1. The Balaban J connectivity index is 2.28. The standard InChI is InChI=1S/C11H15Cl2N3O/c1-2-14-10-8(12)7-9(13)11(15-10)16-3-5-17-6-4-16/h7H,2-6H2,1H3,(H,14,15). The smallest absolute Gasteiger partial charge is 0.150 e. The zero-order valence-corrected chi connectivity index (χ0v) is 11.2. The van der Waals surface area contributed by atoms with Crippen LogP contribution < -0.4 is 10.2 Å². The van der Waals surface area contributed by atoms with Crippen LogP contribution in [0.2, 0.25) is 10.0 Å². The van der Waals surface area contributed by atoms with E-state index >= 15 is 0 Å². The van der Waals surface area contributed by atoms with Gasteiger partial charge in [0.1, 0.15) is 11.6 Å². The predicted octanol–water partition coefficient (Wildman–Crippen LogP) is 2.66. The van der Waals surface area contributed by atoms with Crippen molar-refractivity contribution in [3.05, 3.63) is 16.1 Å². The fourth-order valence-electron chi connectivity index (χ4n) is 1.75. The highest BCUT2D eigenvalue weighted by Gasteiger charge is 2.17. The third kappa shape index (κ3) is 2.94. The number of nitrogens with zero attached hydrogens (tertiary/aromatic N) is 2. The van der Waals surface area contributed by atoms with Crippen LogP contribution in [-0.4, -0.2) is 37.8 Å². The van der Waals surface area contributed by atoms with Crippen molar-refractivity contribution in [1.82, 2.24) is 4.98 Å². The quantitative estimate of drug-likeness (QED) is 0.921. The molecule has 1 saturated heterocycles. The molecule has 1 fully saturated rings. The van der Waals surface area contributed by atoms with Crippen molar-refractivity contribution in [3.8, 4) is 0 Å². The molecule has 0 radical (unpaired) electrons. The van der Waals surface area contributed by atoms with Crippen LogP contribution in [0.1, 0.15) is 6.92 Å². The SMILES string of the molecule is CCNc1nc(N2CCOCC2)c(Cl)cc1Cl. The molecule has 0 saturated carbocycles. The average Bonchev–Trinajstić information content (AvgIpc) is 2.34. The summed E-state index contributed by atoms with van der Waals surface area (Å²) in [5.74, 6) is 1.45. The minimum atomic E-state index is 0.550. The number of nitrogens with one attached hydrogen (secondary N) is 1. The topological polar surface area (TPSA) is 37.4 Å². The van der Waals surface area contributed by atoms with Gasteiger partial charge >= 0.3 is 0 Å². The van der Waals surface area contributed by atoms with Crippen LogP contribution in [0.15, 0.2) is 6.07 Å². The van der Waals surface area contributed by atoms with Crippen molar-refractivity contribution >= 4 is 34.8 Å². The van der Waals surface area contributed by atoms with Crippen molar-refractivity contribution < 1.29 is 4.74 Å². The Morgan fingerprint density at radius 2 is 2.06 bits per heavy atom. The van der Waals surface area contributed by atoms with E-state index in [-0.39, 0.29) is 0 Å². The summed E-state index contributed by atoms with van der Waals surface area (Å²) in [5, 5.41) is 4.25. The Kier molecular flexibility index (Phi) is 4.31. The Morgan fingerprint density at radius 3 is 2.71 bits per heavy atom. The molecule has 1 aromatic rings. The van der Waals surface area contributed by atoms with E-state index in [1.54, 1.807) is 6.07 Å². The monoisotopic (exact) mass is 275 g/mol. The van der Waals surface area contributed by atoms with Gasteiger partial charge in [-0.05, 0) is 13.0 Å². The number of halogens is 2. The van der Waals surface area contributed by atoms with E-state index in [1.165, 1.54) is 0 Å².